The lowest BCUT2D eigenvalue weighted by Gasteiger charge is -2.07. The van der Waals surface area contributed by atoms with E-state index in [1.165, 1.54) is 7.11 Å². The molecule has 0 atom stereocenters. The van der Waals surface area contributed by atoms with Crippen molar-refractivity contribution in [3.05, 3.63) is 41.5 Å². The van der Waals surface area contributed by atoms with Gasteiger partial charge in [-0.2, -0.15) is 0 Å². The quantitative estimate of drug-likeness (QED) is 0.615. The number of hydrogen-bond acceptors (Lipinski definition) is 4. The number of ether oxygens (including phenoxy) is 1. The summed E-state index contributed by atoms with van der Waals surface area (Å²) >= 11 is 0. The van der Waals surface area contributed by atoms with Crippen LogP contribution in [0.4, 0.5) is 0 Å². The van der Waals surface area contributed by atoms with E-state index >= 15 is 0 Å². The molecule has 0 bridgehead atoms. The zero-order chi connectivity index (χ0) is 15.7. The largest absolute Gasteiger partial charge is 0.469 e. The molecule has 0 aromatic heterocycles. The van der Waals surface area contributed by atoms with E-state index in [0.29, 0.717) is 5.56 Å². The van der Waals surface area contributed by atoms with Crippen molar-refractivity contribution in [3.8, 4) is 0 Å². The summed E-state index contributed by atoms with van der Waals surface area (Å²) in [5, 5.41) is 2.67. The van der Waals surface area contributed by atoms with Crippen LogP contribution in [0.5, 0.6) is 0 Å². The number of allylic oxidation sites excluding steroid dienone is 1. The van der Waals surface area contributed by atoms with Gasteiger partial charge < -0.3 is 10.1 Å². The Morgan fingerprint density at radius 3 is 2.62 bits per heavy atom. The zero-order valence-electron chi connectivity index (χ0n) is 12.2. The Bertz CT molecular complexity index is 549. The third-order valence-corrected chi connectivity index (χ3v) is 2.81. The minimum absolute atomic E-state index is 0.104. The highest BCUT2D eigenvalue weighted by Crippen LogP contribution is 2.10. The number of amides is 1. The lowest BCUT2D eigenvalue weighted by atomic mass is 10.1. The summed E-state index contributed by atoms with van der Waals surface area (Å²) in [6.07, 6.45) is 3.54. The first kappa shape index (κ1) is 16.6. The van der Waals surface area contributed by atoms with Gasteiger partial charge in [0.15, 0.2) is 0 Å². The van der Waals surface area contributed by atoms with E-state index < -0.39 is 5.97 Å². The monoisotopic (exact) mass is 289 g/mol. The summed E-state index contributed by atoms with van der Waals surface area (Å²) < 4.78 is 4.41. The molecule has 5 heteroatoms. The minimum atomic E-state index is -0.565. The first-order valence-electron chi connectivity index (χ1n) is 6.67. The zero-order valence-corrected chi connectivity index (χ0v) is 12.2. The van der Waals surface area contributed by atoms with E-state index in [1.807, 2.05) is 31.2 Å². The normalized spacial score (nSPS) is 10.4. The van der Waals surface area contributed by atoms with Crippen molar-refractivity contribution in [2.45, 2.75) is 19.8 Å². The van der Waals surface area contributed by atoms with E-state index in [-0.39, 0.29) is 31.1 Å². The minimum Gasteiger partial charge on any atom is -0.469 e. The van der Waals surface area contributed by atoms with E-state index in [4.69, 9.17) is 0 Å². The van der Waals surface area contributed by atoms with Crippen molar-refractivity contribution >= 4 is 23.7 Å². The second-order valence-corrected chi connectivity index (χ2v) is 4.38. The van der Waals surface area contributed by atoms with Crippen LogP contribution in [-0.4, -0.2) is 31.3 Å². The maximum absolute atomic E-state index is 12.1. The van der Waals surface area contributed by atoms with Gasteiger partial charge in [0.05, 0.1) is 7.11 Å². The Kier molecular flexibility index (Phi) is 6.87. The SMILES string of the molecule is C/C=C/c1ccccc1C(=O)NCCC(=O)CC(=O)OC. The fraction of sp³-hybridized carbons (Fsp3) is 0.312. The fourth-order valence-electron chi connectivity index (χ4n) is 1.76. The predicted octanol–water partition coefficient (Wildman–Crippen LogP) is 1.97. The maximum Gasteiger partial charge on any atom is 0.313 e. The van der Waals surface area contributed by atoms with Gasteiger partial charge in [0, 0.05) is 18.5 Å². The summed E-state index contributed by atoms with van der Waals surface area (Å²) in [5.41, 5.74) is 1.37. The number of esters is 1. The average molecular weight is 289 g/mol. The van der Waals surface area contributed by atoms with E-state index in [1.54, 1.807) is 12.1 Å². The van der Waals surface area contributed by atoms with Crippen molar-refractivity contribution in [2.24, 2.45) is 0 Å². The number of benzene rings is 1. The van der Waals surface area contributed by atoms with E-state index in [2.05, 4.69) is 10.1 Å². The molecule has 5 nitrogen and oxygen atoms in total. The van der Waals surface area contributed by atoms with Crippen LogP contribution in [-0.2, 0) is 14.3 Å². The van der Waals surface area contributed by atoms with Crippen molar-refractivity contribution in [1.29, 1.82) is 0 Å². The van der Waals surface area contributed by atoms with Gasteiger partial charge in [-0.05, 0) is 18.6 Å². The number of Topliss-reactive ketones (excluding diaryl/α,β-unsaturated/α-hetero) is 1. The molecule has 0 heterocycles. The first-order chi connectivity index (χ1) is 10.1. The van der Waals surface area contributed by atoms with Crippen molar-refractivity contribution in [2.75, 3.05) is 13.7 Å². The molecule has 0 saturated heterocycles. The van der Waals surface area contributed by atoms with Gasteiger partial charge in [0.25, 0.3) is 5.91 Å². The van der Waals surface area contributed by atoms with E-state index in [0.717, 1.165) is 5.56 Å². The summed E-state index contributed by atoms with van der Waals surface area (Å²) in [6, 6.07) is 7.20. The molecule has 0 spiro atoms. The van der Waals surface area contributed by atoms with Gasteiger partial charge in [0.2, 0.25) is 0 Å². The van der Waals surface area contributed by atoms with Crippen LogP contribution in [0, 0.1) is 0 Å². The Balaban J connectivity index is 2.51. The number of ketones is 1. The highest BCUT2D eigenvalue weighted by Gasteiger charge is 2.12. The predicted molar refractivity (Wildman–Crippen MR) is 79.7 cm³/mol. The smallest absolute Gasteiger partial charge is 0.313 e. The van der Waals surface area contributed by atoms with Crippen LogP contribution in [0.1, 0.15) is 35.7 Å². The molecule has 112 valence electrons. The van der Waals surface area contributed by atoms with Crippen molar-refractivity contribution in [3.63, 3.8) is 0 Å². The maximum atomic E-state index is 12.1. The van der Waals surface area contributed by atoms with Crippen molar-refractivity contribution < 1.29 is 19.1 Å². The number of methoxy groups -OCH3 is 1. The molecule has 0 aliphatic carbocycles. The van der Waals surface area contributed by atoms with E-state index in [9.17, 15) is 14.4 Å². The van der Waals surface area contributed by atoms with Gasteiger partial charge in [-0.15, -0.1) is 0 Å². The fourth-order valence-corrected chi connectivity index (χ4v) is 1.76. The Hall–Kier alpha value is -2.43. The lowest BCUT2D eigenvalue weighted by molar-refractivity contribution is -0.143. The molecular weight excluding hydrogens is 270 g/mol. The molecule has 0 unspecified atom stereocenters. The van der Waals surface area contributed by atoms with Gasteiger partial charge >= 0.3 is 5.97 Å². The van der Waals surface area contributed by atoms with Gasteiger partial charge in [-0.3, -0.25) is 14.4 Å². The second kappa shape index (κ2) is 8.68. The van der Waals surface area contributed by atoms with Gasteiger partial charge in [-0.25, -0.2) is 0 Å². The highest BCUT2D eigenvalue weighted by molar-refractivity contribution is 5.98. The van der Waals surface area contributed by atoms with Crippen LogP contribution in [0.25, 0.3) is 6.08 Å². The second-order valence-electron chi connectivity index (χ2n) is 4.38. The molecule has 0 saturated carbocycles. The first-order valence-corrected chi connectivity index (χ1v) is 6.67. The molecule has 0 aliphatic heterocycles. The Morgan fingerprint density at radius 2 is 1.95 bits per heavy atom. The standard InChI is InChI=1S/C16H19NO4/c1-3-6-12-7-4-5-8-14(12)16(20)17-10-9-13(18)11-15(19)21-2/h3-8H,9-11H2,1-2H3,(H,17,20)/b6-3+. The van der Waals surface area contributed by atoms with Crippen LogP contribution in [0.2, 0.25) is 0 Å². The summed E-state index contributed by atoms with van der Waals surface area (Å²) in [7, 11) is 1.23. The van der Waals surface area contributed by atoms with Crippen LogP contribution in [0.3, 0.4) is 0 Å². The summed E-state index contributed by atoms with van der Waals surface area (Å²) in [4.78, 5) is 34.4. The number of hydrogen-bond donors (Lipinski definition) is 1. The third kappa shape index (κ3) is 5.60. The molecule has 1 aromatic carbocycles. The number of carbonyl (C=O) groups excluding carboxylic acids is 3. The van der Waals surface area contributed by atoms with Gasteiger partial charge in [0.1, 0.15) is 12.2 Å². The topological polar surface area (TPSA) is 72.5 Å². The Morgan fingerprint density at radius 1 is 1.24 bits per heavy atom. The molecule has 1 aromatic rings. The molecule has 0 aliphatic rings. The van der Waals surface area contributed by atoms with Gasteiger partial charge in [-0.1, -0.05) is 30.4 Å². The summed E-state index contributed by atoms with van der Waals surface area (Å²) in [5.74, 6) is -1.07. The number of nitrogens with one attached hydrogen (secondary N) is 1. The number of rotatable bonds is 7. The van der Waals surface area contributed by atoms with Crippen molar-refractivity contribution in [1.82, 2.24) is 5.32 Å². The molecule has 1 N–H and O–H groups in total. The molecular formula is C16H19NO4. The molecule has 1 amide bonds. The summed E-state index contributed by atoms with van der Waals surface area (Å²) in [6.45, 7) is 2.07. The average Bonchev–Trinajstić information content (AvgIpc) is 2.47. The van der Waals surface area contributed by atoms with Crippen LogP contribution >= 0.6 is 0 Å². The molecule has 21 heavy (non-hydrogen) atoms. The molecule has 1 rings (SSSR count). The number of carbonyl (C=O) groups is 3. The molecule has 0 radical (unpaired) electrons. The third-order valence-electron chi connectivity index (χ3n) is 2.81. The van der Waals surface area contributed by atoms with Crippen LogP contribution in [0.15, 0.2) is 30.3 Å². The van der Waals surface area contributed by atoms with Crippen LogP contribution < -0.4 is 5.32 Å². The molecule has 0 fully saturated rings. The Labute approximate surface area is 124 Å². The highest BCUT2D eigenvalue weighted by atomic mass is 16.5. The lowest BCUT2D eigenvalue weighted by Crippen LogP contribution is -2.27.